The highest BCUT2D eigenvalue weighted by molar-refractivity contribution is 6.58. The van der Waals surface area contributed by atoms with E-state index in [9.17, 15) is 0 Å². The van der Waals surface area contributed by atoms with E-state index >= 15 is 0 Å². The maximum Gasteiger partial charge on any atom is 0.488 e. The molecule has 5 heteroatoms. The van der Waals surface area contributed by atoms with E-state index in [0.29, 0.717) is 16.8 Å². The van der Waals surface area contributed by atoms with Crippen molar-refractivity contribution in [3.63, 3.8) is 0 Å². The van der Waals surface area contributed by atoms with Gasteiger partial charge in [0.05, 0.1) is 11.6 Å². The predicted octanol–water partition coefficient (Wildman–Crippen LogP) is 0.630. The molecule has 0 saturated heterocycles. The first-order valence-corrected chi connectivity index (χ1v) is 5.23. The van der Waals surface area contributed by atoms with Gasteiger partial charge in [0.15, 0.2) is 0 Å². The number of hydrogen-bond acceptors (Lipinski definition) is 4. The number of phenols is 1. The second kappa shape index (κ2) is 7.12. The van der Waals surface area contributed by atoms with Crippen molar-refractivity contribution in [2.24, 2.45) is 0 Å². The van der Waals surface area contributed by atoms with E-state index in [4.69, 9.17) is 20.4 Å². The first-order chi connectivity index (χ1) is 8.63. The van der Waals surface area contributed by atoms with Crippen molar-refractivity contribution in [2.45, 2.75) is 0 Å². The Bertz CT molecular complexity index is 506. The molecular weight excluding hydrogens is 229 g/mol. The summed E-state index contributed by atoms with van der Waals surface area (Å²) in [5, 5.41) is 34.3. The predicted molar refractivity (Wildman–Crippen MR) is 69.1 cm³/mol. The second-order valence-electron chi connectivity index (χ2n) is 3.44. The number of aromatic hydroxyl groups is 1. The molecule has 0 amide bonds. The SMILES string of the molecule is N#Cc1ccc(B(O)O)cc1.Oc1ccccc1. The Kier molecular flexibility index (Phi) is 5.45. The van der Waals surface area contributed by atoms with E-state index in [0.717, 1.165) is 0 Å². The highest BCUT2D eigenvalue weighted by atomic mass is 16.4. The first-order valence-electron chi connectivity index (χ1n) is 5.23. The lowest BCUT2D eigenvalue weighted by Crippen LogP contribution is -2.29. The van der Waals surface area contributed by atoms with Gasteiger partial charge in [0.2, 0.25) is 0 Å². The van der Waals surface area contributed by atoms with Crippen LogP contribution in [0.5, 0.6) is 5.75 Å². The van der Waals surface area contributed by atoms with Crippen LogP contribution in [-0.2, 0) is 0 Å². The average Bonchev–Trinajstić information content (AvgIpc) is 2.40. The first kappa shape index (κ1) is 13.8. The summed E-state index contributed by atoms with van der Waals surface area (Å²) in [7, 11) is -1.46. The van der Waals surface area contributed by atoms with E-state index in [1.54, 1.807) is 24.3 Å². The number of nitriles is 1. The number of phenolic OH excluding ortho intramolecular Hbond substituents is 1. The number of benzene rings is 2. The Balaban J connectivity index is 0.000000199. The van der Waals surface area contributed by atoms with Crippen molar-refractivity contribution < 1.29 is 15.2 Å². The zero-order valence-corrected chi connectivity index (χ0v) is 9.56. The number of hydrogen-bond donors (Lipinski definition) is 3. The van der Waals surface area contributed by atoms with Gasteiger partial charge in [-0.2, -0.15) is 5.26 Å². The van der Waals surface area contributed by atoms with Crippen LogP contribution in [-0.4, -0.2) is 22.3 Å². The fourth-order valence-corrected chi connectivity index (χ4v) is 1.16. The molecule has 18 heavy (non-hydrogen) atoms. The summed E-state index contributed by atoms with van der Waals surface area (Å²) in [6.07, 6.45) is 0. The summed E-state index contributed by atoms with van der Waals surface area (Å²) in [6.45, 7) is 0. The van der Waals surface area contributed by atoms with Crippen molar-refractivity contribution in [3.05, 3.63) is 60.2 Å². The molecule has 90 valence electrons. The Morgan fingerprint density at radius 2 is 1.44 bits per heavy atom. The zero-order chi connectivity index (χ0) is 13.4. The summed E-state index contributed by atoms with van der Waals surface area (Å²) < 4.78 is 0. The summed E-state index contributed by atoms with van der Waals surface area (Å²) in [5.74, 6) is 0.322. The smallest absolute Gasteiger partial charge is 0.488 e. The van der Waals surface area contributed by atoms with E-state index in [2.05, 4.69) is 0 Å². The molecule has 2 aromatic rings. The van der Waals surface area contributed by atoms with Crippen molar-refractivity contribution >= 4 is 12.6 Å². The second-order valence-corrected chi connectivity index (χ2v) is 3.44. The summed E-state index contributed by atoms with van der Waals surface area (Å²) in [5.41, 5.74) is 0.901. The third-order valence-electron chi connectivity index (χ3n) is 2.09. The fourth-order valence-electron chi connectivity index (χ4n) is 1.16. The maximum absolute atomic E-state index is 8.66. The Labute approximate surface area is 106 Å². The largest absolute Gasteiger partial charge is 0.508 e. The molecule has 0 aromatic heterocycles. The van der Waals surface area contributed by atoms with Crippen LogP contribution in [0.2, 0.25) is 0 Å². The van der Waals surface area contributed by atoms with Gasteiger partial charge in [0.25, 0.3) is 0 Å². The third kappa shape index (κ3) is 4.70. The minimum Gasteiger partial charge on any atom is -0.508 e. The van der Waals surface area contributed by atoms with Crippen molar-refractivity contribution in [2.75, 3.05) is 0 Å². The van der Waals surface area contributed by atoms with Gasteiger partial charge in [-0.3, -0.25) is 0 Å². The molecule has 0 saturated carbocycles. The van der Waals surface area contributed by atoms with Crippen molar-refractivity contribution in [1.82, 2.24) is 0 Å². The van der Waals surface area contributed by atoms with E-state index in [1.165, 1.54) is 24.3 Å². The minimum atomic E-state index is -1.46. The van der Waals surface area contributed by atoms with Gasteiger partial charge < -0.3 is 15.2 Å². The highest BCUT2D eigenvalue weighted by Gasteiger charge is 2.08. The van der Waals surface area contributed by atoms with Gasteiger partial charge in [-0.1, -0.05) is 30.3 Å². The molecule has 0 aliphatic carbocycles. The van der Waals surface area contributed by atoms with E-state index in [1.807, 2.05) is 12.1 Å². The van der Waals surface area contributed by atoms with Crippen LogP contribution >= 0.6 is 0 Å². The third-order valence-corrected chi connectivity index (χ3v) is 2.09. The summed E-state index contributed by atoms with van der Waals surface area (Å²) in [4.78, 5) is 0. The maximum atomic E-state index is 8.66. The molecule has 0 unspecified atom stereocenters. The monoisotopic (exact) mass is 241 g/mol. The zero-order valence-electron chi connectivity index (χ0n) is 9.56. The van der Waals surface area contributed by atoms with Gasteiger partial charge in [-0.05, 0) is 29.7 Å². The number of nitrogens with zero attached hydrogens (tertiary/aromatic N) is 1. The van der Waals surface area contributed by atoms with Gasteiger partial charge in [-0.25, -0.2) is 0 Å². The van der Waals surface area contributed by atoms with Crippen LogP contribution in [0, 0.1) is 11.3 Å². The molecule has 0 heterocycles. The Hall–Kier alpha value is -2.29. The molecular formula is C13H12BNO3. The molecule has 4 nitrogen and oxygen atoms in total. The average molecular weight is 241 g/mol. The van der Waals surface area contributed by atoms with Crippen LogP contribution in [0.3, 0.4) is 0 Å². The molecule has 0 radical (unpaired) electrons. The molecule has 0 aliphatic heterocycles. The van der Waals surface area contributed by atoms with Gasteiger partial charge in [0.1, 0.15) is 5.75 Å². The molecule has 0 atom stereocenters. The Morgan fingerprint density at radius 3 is 1.78 bits per heavy atom. The number of rotatable bonds is 1. The van der Waals surface area contributed by atoms with Crippen molar-refractivity contribution in [3.8, 4) is 11.8 Å². The Morgan fingerprint density at radius 1 is 0.889 bits per heavy atom. The number of para-hydroxylation sites is 1. The molecule has 0 aliphatic rings. The lowest BCUT2D eigenvalue weighted by molar-refractivity contribution is 0.426. The topological polar surface area (TPSA) is 84.5 Å². The van der Waals surface area contributed by atoms with Crippen molar-refractivity contribution in [1.29, 1.82) is 5.26 Å². The van der Waals surface area contributed by atoms with Gasteiger partial charge in [0, 0.05) is 0 Å². The highest BCUT2D eigenvalue weighted by Crippen LogP contribution is 2.02. The van der Waals surface area contributed by atoms with Crippen LogP contribution in [0.15, 0.2) is 54.6 Å². The molecule has 0 spiro atoms. The van der Waals surface area contributed by atoms with Crippen LogP contribution in [0.25, 0.3) is 0 Å². The van der Waals surface area contributed by atoms with E-state index in [-0.39, 0.29) is 0 Å². The van der Waals surface area contributed by atoms with Crippen LogP contribution in [0.4, 0.5) is 0 Å². The normalized spacial score (nSPS) is 8.72. The molecule has 0 fully saturated rings. The summed E-state index contributed by atoms with van der Waals surface area (Å²) >= 11 is 0. The molecule has 2 aromatic carbocycles. The van der Waals surface area contributed by atoms with Gasteiger partial charge in [-0.15, -0.1) is 0 Å². The summed E-state index contributed by atoms with van der Waals surface area (Å²) in [6, 6.07) is 16.7. The van der Waals surface area contributed by atoms with Crippen LogP contribution in [0.1, 0.15) is 5.56 Å². The molecule has 2 rings (SSSR count). The van der Waals surface area contributed by atoms with E-state index < -0.39 is 7.12 Å². The fraction of sp³-hybridized carbons (Fsp3) is 0. The standard InChI is InChI=1S/C7H6BNO2.C6H6O/c9-5-6-1-3-7(4-2-6)8(10)11;7-6-4-2-1-3-5-6/h1-4,10-11H;1-5,7H. The van der Waals surface area contributed by atoms with Gasteiger partial charge >= 0.3 is 7.12 Å². The lowest BCUT2D eigenvalue weighted by Gasteiger charge is -1.96. The van der Waals surface area contributed by atoms with Crippen LogP contribution < -0.4 is 5.46 Å². The lowest BCUT2D eigenvalue weighted by atomic mass is 9.80. The molecule has 0 bridgehead atoms. The molecule has 3 N–H and O–H groups in total. The quantitative estimate of drug-likeness (QED) is 0.639. The minimum absolute atomic E-state index is 0.322.